The molecule has 1 atom stereocenters. The lowest BCUT2D eigenvalue weighted by Gasteiger charge is -2.19. The summed E-state index contributed by atoms with van der Waals surface area (Å²) in [6, 6.07) is 14.0. The number of nitrogens with one attached hydrogen (secondary N) is 1. The first-order valence-corrected chi connectivity index (χ1v) is 8.00. The number of hydrogen-bond acceptors (Lipinski definition) is 3. The highest BCUT2D eigenvalue weighted by atomic mass is 35.5. The van der Waals surface area contributed by atoms with Gasteiger partial charge in [-0.15, -0.1) is 0 Å². The standard InChI is InChI=1S/C18H17ClN2O3/c1-12(22)20-16-14-8-5-9-15(19)17(14)21(18(16)23)10-11-24-13-6-3-2-4-7-13/h2-9,16H,10-11H2,1H3,(H,20,22)/t16-/m0/s1. The number of anilines is 1. The van der Waals surface area contributed by atoms with E-state index in [0.29, 0.717) is 29.4 Å². The van der Waals surface area contributed by atoms with E-state index in [0.717, 1.165) is 5.75 Å². The Morgan fingerprint density at radius 3 is 2.67 bits per heavy atom. The molecule has 0 aliphatic carbocycles. The Bertz CT molecular complexity index is 764. The van der Waals surface area contributed by atoms with Crippen molar-refractivity contribution in [3.63, 3.8) is 0 Å². The van der Waals surface area contributed by atoms with E-state index in [1.165, 1.54) is 6.92 Å². The number of ether oxygens (including phenoxy) is 1. The number of carbonyl (C=O) groups excluding carboxylic acids is 2. The molecule has 1 N–H and O–H groups in total. The van der Waals surface area contributed by atoms with Crippen LogP contribution in [0.4, 0.5) is 5.69 Å². The highest BCUT2D eigenvalue weighted by Crippen LogP contribution is 2.40. The average molecular weight is 345 g/mol. The molecule has 1 aliphatic rings. The Hall–Kier alpha value is -2.53. The van der Waals surface area contributed by atoms with Crippen LogP contribution in [0, 0.1) is 0 Å². The number of carbonyl (C=O) groups is 2. The van der Waals surface area contributed by atoms with Gasteiger partial charge in [0.15, 0.2) is 0 Å². The molecule has 0 bridgehead atoms. The van der Waals surface area contributed by atoms with E-state index in [4.69, 9.17) is 16.3 Å². The maximum atomic E-state index is 12.7. The summed E-state index contributed by atoms with van der Waals surface area (Å²) in [5, 5.41) is 3.16. The largest absolute Gasteiger partial charge is 0.492 e. The lowest BCUT2D eigenvalue weighted by Crippen LogP contribution is -2.38. The van der Waals surface area contributed by atoms with Crippen LogP contribution in [0.15, 0.2) is 48.5 Å². The van der Waals surface area contributed by atoms with Crippen molar-refractivity contribution in [1.82, 2.24) is 5.32 Å². The van der Waals surface area contributed by atoms with E-state index in [1.807, 2.05) is 30.3 Å². The van der Waals surface area contributed by atoms with E-state index in [-0.39, 0.29) is 11.8 Å². The van der Waals surface area contributed by atoms with E-state index in [9.17, 15) is 9.59 Å². The molecule has 124 valence electrons. The quantitative estimate of drug-likeness (QED) is 0.907. The second kappa shape index (κ2) is 6.93. The van der Waals surface area contributed by atoms with Gasteiger partial charge in [-0.1, -0.05) is 41.9 Å². The minimum absolute atomic E-state index is 0.204. The molecule has 0 radical (unpaired) electrons. The number of amides is 2. The van der Waals surface area contributed by atoms with Gasteiger partial charge < -0.3 is 15.0 Å². The molecule has 1 heterocycles. The lowest BCUT2D eigenvalue weighted by atomic mass is 10.1. The highest BCUT2D eigenvalue weighted by Gasteiger charge is 2.38. The van der Waals surface area contributed by atoms with Crippen LogP contribution in [0.5, 0.6) is 5.75 Å². The van der Waals surface area contributed by atoms with Crippen molar-refractivity contribution in [2.45, 2.75) is 13.0 Å². The number of nitrogens with zero attached hydrogens (tertiary/aromatic N) is 1. The zero-order valence-corrected chi connectivity index (χ0v) is 13.9. The third kappa shape index (κ3) is 3.21. The van der Waals surface area contributed by atoms with Crippen molar-refractivity contribution in [2.75, 3.05) is 18.1 Å². The summed E-state index contributed by atoms with van der Waals surface area (Å²) in [5.74, 6) is 0.272. The number of benzene rings is 2. The highest BCUT2D eigenvalue weighted by molar-refractivity contribution is 6.34. The normalized spacial score (nSPS) is 16.0. The zero-order chi connectivity index (χ0) is 17.1. The van der Waals surface area contributed by atoms with Gasteiger partial charge in [0.25, 0.3) is 5.91 Å². The van der Waals surface area contributed by atoms with Gasteiger partial charge in [-0.25, -0.2) is 0 Å². The predicted octanol–water partition coefficient (Wildman–Crippen LogP) is 2.94. The van der Waals surface area contributed by atoms with Crippen molar-refractivity contribution < 1.29 is 14.3 Å². The second-order valence-corrected chi connectivity index (χ2v) is 5.87. The fraction of sp³-hybridized carbons (Fsp3) is 0.222. The molecule has 24 heavy (non-hydrogen) atoms. The van der Waals surface area contributed by atoms with E-state index >= 15 is 0 Å². The third-order valence-corrected chi connectivity index (χ3v) is 4.09. The zero-order valence-electron chi connectivity index (χ0n) is 13.2. The van der Waals surface area contributed by atoms with E-state index in [2.05, 4.69) is 5.32 Å². The molecule has 3 rings (SSSR count). The van der Waals surface area contributed by atoms with Crippen molar-refractivity contribution in [3.05, 3.63) is 59.1 Å². The first kappa shape index (κ1) is 16.3. The SMILES string of the molecule is CC(=O)N[C@@H]1C(=O)N(CCOc2ccccc2)c2c(Cl)cccc21. The van der Waals surface area contributed by atoms with E-state index in [1.54, 1.807) is 23.1 Å². The summed E-state index contributed by atoms with van der Waals surface area (Å²) < 4.78 is 5.66. The van der Waals surface area contributed by atoms with Crippen molar-refractivity contribution >= 4 is 29.1 Å². The molecule has 0 fully saturated rings. The van der Waals surface area contributed by atoms with Crippen molar-refractivity contribution in [1.29, 1.82) is 0 Å². The fourth-order valence-corrected chi connectivity index (χ4v) is 3.07. The summed E-state index contributed by atoms with van der Waals surface area (Å²) in [6.07, 6.45) is 0. The van der Waals surface area contributed by atoms with Crippen LogP contribution in [0.2, 0.25) is 5.02 Å². The summed E-state index contributed by atoms with van der Waals surface area (Å²) in [6.45, 7) is 2.06. The number of fused-ring (bicyclic) bond motifs is 1. The van der Waals surface area contributed by atoms with Gasteiger partial charge in [0, 0.05) is 12.5 Å². The van der Waals surface area contributed by atoms with Gasteiger partial charge in [-0.05, 0) is 18.2 Å². The second-order valence-electron chi connectivity index (χ2n) is 5.46. The molecule has 0 spiro atoms. The molecule has 1 aliphatic heterocycles. The van der Waals surface area contributed by atoms with Crippen molar-refractivity contribution in [3.8, 4) is 5.75 Å². The smallest absolute Gasteiger partial charge is 0.254 e. The Morgan fingerprint density at radius 1 is 1.21 bits per heavy atom. The number of hydrogen-bond donors (Lipinski definition) is 1. The number of halogens is 1. The van der Waals surface area contributed by atoms with Gasteiger partial charge >= 0.3 is 0 Å². The molecule has 6 heteroatoms. The molecular formula is C18H17ClN2O3. The first-order valence-electron chi connectivity index (χ1n) is 7.62. The summed E-state index contributed by atoms with van der Waals surface area (Å²) in [7, 11) is 0. The van der Waals surface area contributed by atoms with Crippen LogP contribution in [-0.4, -0.2) is 25.0 Å². The summed E-state index contributed by atoms with van der Waals surface area (Å²) in [4.78, 5) is 25.7. The van der Waals surface area contributed by atoms with Crippen LogP contribution in [0.1, 0.15) is 18.5 Å². The number of rotatable bonds is 5. The fourth-order valence-electron chi connectivity index (χ4n) is 2.79. The predicted molar refractivity (Wildman–Crippen MR) is 92.3 cm³/mol. The lowest BCUT2D eigenvalue weighted by molar-refractivity contribution is -0.126. The Kier molecular flexibility index (Phi) is 4.71. The van der Waals surface area contributed by atoms with Gasteiger partial charge in [-0.2, -0.15) is 0 Å². The number of para-hydroxylation sites is 2. The Balaban J connectivity index is 1.78. The molecule has 0 unspecified atom stereocenters. The van der Waals surface area contributed by atoms with E-state index < -0.39 is 6.04 Å². The minimum atomic E-state index is -0.701. The Labute approximate surface area is 145 Å². The monoisotopic (exact) mass is 344 g/mol. The van der Waals surface area contributed by atoms with Crippen LogP contribution < -0.4 is 15.0 Å². The molecule has 0 saturated carbocycles. The van der Waals surface area contributed by atoms with Gasteiger partial charge in [0.05, 0.1) is 17.3 Å². The molecule has 5 nitrogen and oxygen atoms in total. The maximum absolute atomic E-state index is 12.7. The maximum Gasteiger partial charge on any atom is 0.254 e. The van der Waals surface area contributed by atoms with Crippen LogP contribution >= 0.6 is 11.6 Å². The van der Waals surface area contributed by atoms with Gasteiger partial charge in [-0.3, -0.25) is 9.59 Å². The molecule has 2 aromatic carbocycles. The van der Waals surface area contributed by atoms with Crippen molar-refractivity contribution in [2.24, 2.45) is 0 Å². The topological polar surface area (TPSA) is 58.6 Å². The van der Waals surface area contributed by atoms with Crippen LogP contribution in [0.3, 0.4) is 0 Å². The average Bonchev–Trinajstić information content (AvgIpc) is 2.82. The van der Waals surface area contributed by atoms with Crippen LogP contribution in [-0.2, 0) is 9.59 Å². The first-order chi connectivity index (χ1) is 11.6. The summed E-state index contributed by atoms with van der Waals surface area (Å²) in [5.41, 5.74) is 1.35. The summed E-state index contributed by atoms with van der Waals surface area (Å²) >= 11 is 6.28. The van der Waals surface area contributed by atoms with Gasteiger partial charge in [0.2, 0.25) is 5.91 Å². The Morgan fingerprint density at radius 2 is 1.96 bits per heavy atom. The van der Waals surface area contributed by atoms with Crippen LogP contribution in [0.25, 0.3) is 0 Å². The molecular weight excluding hydrogens is 328 g/mol. The van der Waals surface area contributed by atoms with Gasteiger partial charge in [0.1, 0.15) is 18.4 Å². The minimum Gasteiger partial charge on any atom is -0.492 e. The molecule has 0 aromatic heterocycles. The molecule has 2 aromatic rings. The molecule has 0 saturated heterocycles. The third-order valence-electron chi connectivity index (χ3n) is 3.79. The molecule has 2 amide bonds.